The minimum atomic E-state index is -0.558. The van der Waals surface area contributed by atoms with Crippen LogP contribution in [0.3, 0.4) is 0 Å². The zero-order chi connectivity index (χ0) is 21.3. The van der Waals surface area contributed by atoms with E-state index in [1.807, 2.05) is 37.3 Å². The summed E-state index contributed by atoms with van der Waals surface area (Å²) >= 11 is 0. The molecule has 0 aliphatic carbocycles. The monoisotopic (exact) mass is 407 g/mol. The van der Waals surface area contributed by atoms with Crippen molar-refractivity contribution in [1.29, 1.82) is 0 Å². The van der Waals surface area contributed by atoms with E-state index in [9.17, 15) is 4.79 Å². The molecule has 2 aliphatic heterocycles. The van der Waals surface area contributed by atoms with Crippen LogP contribution in [-0.2, 0) is 16.1 Å². The molecule has 0 bridgehead atoms. The predicted octanol–water partition coefficient (Wildman–Crippen LogP) is 4.62. The third-order valence-corrected chi connectivity index (χ3v) is 5.62. The van der Waals surface area contributed by atoms with Crippen molar-refractivity contribution in [2.24, 2.45) is 5.41 Å². The number of hydrogen-bond donors (Lipinski definition) is 0. The number of ether oxygens (including phenoxy) is 3. The van der Waals surface area contributed by atoms with Crippen molar-refractivity contribution in [1.82, 2.24) is 4.90 Å². The molecule has 5 nitrogen and oxygen atoms in total. The first-order valence-electron chi connectivity index (χ1n) is 10.4. The number of esters is 1. The minimum Gasteiger partial charge on any atom is -0.496 e. The minimum absolute atomic E-state index is 0.117. The SMILES string of the molecule is CCOC(=O)C1c2c(OC)ccc3c2C(=CC(C)(C)CO3)CN1Cc1ccccc1. The molecule has 0 saturated heterocycles. The number of carbonyl (C=O) groups is 1. The van der Waals surface area contributed by atoms with Crippen LogP contribution in [0.15, 0.2) is 48.5 Å². The summed E-state index contributed by atoms with van der Waals surface area (Å²) < 4.78 is 17.4. The lowest BCUT2D eigenvalue weighted by atomic mass is 9.83. The van der Waals surface area contributed by atoms with Crippen molar-refractivity contribution in [2.45, 2.75) is 33.4 Å². The quantitative estimate of drug-likeness (QED) is 0.677. The van der Waals surface area contributed by atoms with Crippen molar-refractivity contribution in [2.75, 3.05) is 26.9 Å². The topological polar surface area (TPSA) is 48.0 Å². The Hall–Kier alpha value is -2.79. The van der Waals surface area contributed by atoms with Gasteiger partial charge in [0.25, 0.3) is 0 Å². The average Bonchev–Trinajstić information content (AvgIpc) is 2.85. The van der Waals surface area contributed by atoms with Crippen molar-refractivity contribution in [3.05, 3.63) is 65.2 Å². The van der Waals surface area contributed by atoms with Gasteiger partial charge in [-0.15, -0.1) is 0 Å². The molecule has 2 heterocycles. The number of carbonyl (C=O) groups excluding carboxylic acids is 1. The molecule has 0 radical (unpaired) electrons. The maximum absolute atomic E-state index is 13.2. The lowest BCUT2D eigenvalue weighted by Crippen LogP contribution is -2.40. The van der Waals surface area contributed by atoms with Gasteiger partial charge in [0.05, 0.1) is 20.3 Å². The summed E-state index contributed by atoms with van der Waals surface area (Å²) in [4.78, 5) is 15.4. The van der Waals surface area contributed by atoms with E-state index in [1.54, 1.807) is 7.11 Å². The molecular weight excluding hydrogens is 378 g/mol. The molecule has 0 spiro atoms. The largest absolute Gasteiger partial charge is 0.496 e. The van der Waals surface area contributed by atoms with E-state index >= 15 is 0 Å². The zero-order valence-electron chi connectivity index (χ0n) is 18.1. The molecule has 1 unspecified atom stereocenters. The second-order valence-electron chi connectivity index (χ2n) is 8.55. The highest BCUT2D eigenvalue weighted by atomic mass is 16.5. The number of methoxy groups -OCH3 is 1. The fourth-order valence-corrected chi connectivity index (χ4v) is 4.40. The number of hydrogen-bond acceptors (Lipinski definition) is 5. The van der Waals surface area contributed by atoms with E-state index in [0.29, 0.717) is 32.1 Å². The van der Waals surface area contributed by atoms with Gasteiger partial charge in [-0.05, 0) is 30.2 Å². The van der Waals surface area contributed by atoms with E-state index in [0.717, 1.165) is 28.0 Å². The van der Waals surface area contributed by atoms with Gasteiger partial charge in [-0.3, -0.25) is 4.90 Å². The van der Waals surface area contributed by atoms with Gasteiger partial charge in [0.15, 0.2) is 0 Å². The molecule has 0 aromatic heterocycles. The number of benzene rings is 2. The van der Waals surface area contributed by atoms with Gasteiger partial charge in [-0.1, -0.05) is 50.3 Å². The number of rotatable bonds is 5. The third kappa shape index (κ3) is 3.82. The Morgan fingerprint density at radius 1 is 1.20 bits per heavy atom. The molecule has 158 valence electrons. The lowest BCUT2D eigenvalue weighted by molar-refractivity contribution is -0.150. The Balaban J connectivity index is 1.90. The van der Waals surface area contributed by atoms with Crippen LogP contribution in [0.5, 0.6) is 11.5 Å². The summed E-state index contributed by atoms with van der Waals surface area (Å²) in [5.41, 5.74) is 4.00. The van der Waals surface area contributed by atoms with E-state index in [2.05, 4.69) is 37.0 Å². The van der Waals surface area contributed by atoms with Crippen molar-refractivity contribution in [3.8, 4) is 11.5 Å². The first-order chi connectivity index (χ1) is 14.4. The van der Waals surface area contributed by atoms with Crippen molar-refractivity contribution < 1.29 is 19.0 Å². The zero-order valence-corrected chi connectivity index (χ0v) is 18.1. The normalized spacial score (nSPS) is 19.7. The smallest absolute Gasteiger partial charge is 0.328 e. The molecular formula is C25H29NO4. The molecule has 5 heteroatoms. The van der Waals surface area contributed by atoms with Crippen LogP contribution >= 0.6 is 0 Å². The molecule has 0 saturated carbocycles. The molecule has 2 aromatic rings. The molecule has 0 amide bonds. The van der Waals surface area contributed by atoms with Crippen molar-refractivity contribution in [3.63, 3.8) is 0 Å². The summed E-state index contributed by atoms with van der Waals surface area (Å²) in [5, 5.41) is 0. The van der Waals surface area contributed by atoms with Gasteiger partial charge >= 0.3 is 5.97 Å². The van der Waals surface area contributed by atoms with Crippen LogP contribution in [0, 0.1) is 5.41 Å². The van der Waals surface area contributed by atoms with E-state index < -0.39 is 6.04 Å². The van der Waals surface area contributed by atoms with E-state index in [4.69, 9.17) is 14.2 Å². The van der Waals surface area contributed by atoms with Crippen LogP contribution in [0.25, 0.3) is 5.57 Å². The van der Waals surface area contributed by atoms with Crippen LogP contribution in [0.2, 0.25) is 0 Å². The Morgan fingerprint density at radius 3 is 2.67 bits per heavy atom. The Bertz CT molecular complexity index is 965. The Kier molecular flexibility index (Phi) is 5.56. The second-order valence-corrected chi connectivity index (χ2v) is 8.55. The Labute approximate surface area is 178 Å². The van der Waals surface area contributed by atoms with Gasteiger partial charge in [-0.25, -0.2) is 4.79 Å². The maximum atomic E-state index is 13.2. The summed E-state index contributed by atoms with van der Waals surface area (Å²) in [7, 11) is 1.64. The highest BCUT2D eigenvalue weighted by molar-refractivity contribution is 5.88. The van der Waals surface area contributed by atoms with Crippen LogP contribution in [0.1, 0.15) is 43.5 Å². The molecule has 2 aromatic carbocycles. The molecule has 1 atom stereocenters. The summed E-state index contributed by atoms with van der Waals surface area (Å²) in [6.45, 7) is 8.36. The summed E-state index contributed by atoms with van der Waals surface area (Å²) in [5.74, 6) is 1.22. The first-order valence-corrected chi connectivity index (χ1v) is 10.4. The van der Waals surface area contributed by atoms with Gasteiger partial charge < -0.3 is 14.2 Å². The molecule has 0 N–H and O–H groups in total. The van der Waals surface area contributed by atoms with E-state index in [-0.39, 0.29) is 11.4 Å². The lowest BCUT2D eigenvalue weighted by Gasteiger charge is -2.38. The van der Waals surface area contributed by atoms with Gasteiger partial charge in [0.1, 0.15) is 17.5 Å². The third-order valence-electron chi connectivity index (χ3n) is 5.62. The van der Waals surface area contributed by atoms with Gasteiger partial charge in [-0.2, -0.15) is 0 Å². The van der Waals surface area contributed by atoms with Gasteiger partial charge in [0.2, 0.25) is 0 Å². The van der Waals surface area contributed by atoms with E-state index in [1.165, 1.54) is 0 Å². The average molecular weight is 408 g/mol. The highest BCUT2D eigenvalue weighted by Gasteiger charge is 2.41. The molecule has 4 rings (SSSR count). The summed E-state index contributed by atoms with van der Waals surface area (Å²) in [6, 6.07) is 13.5. The molecule has 0 fully saturated rings. The fraction of sp³-hybridized carbons (Fsp3) is 0.400. The van der Waals surface area contributed by atoms with Crippen molar-refractivity contribution >= 4 is 11.5 Å². The summed E-state index contributed by atoms with van der Waals surface area (Å²) in [6.07, 6.45) is 2.28. The van der Waals surface area contributed by atoms with Gasteiger partial charge in [0, 0.05) is 29.6 Å². The van der Waals surface area contributed by atoms with Crippen LogP contribution in [-0.4, -0.2) is 37.7 Å². The highest BCUT2D eigenvalue weighted by Crippen LogP contribution is 2.48. The van der Waals surface area contributed by atoms with Crippen LogP contribution < -0.4 is 9.47 Å². The first kappa shape index (κ1) is 20.5. The molecule has 2 aliphatic rings. The van der Waals surface area contributed by atoms with Crippen LogP contribution in [0.4, 0.5) is 0 Å². The second kappa shape index (κ2) is 8.15. The fourth-order valence-electron chi connectivity index (χ4n) is 4.40. The standard InChI is InChI=1S/C25H29NO4/c1-5-29-24(27)23-22-19(28-4)11-12-20-21(22)18(13-25(2,3)16-30-20)15-26(23)14-17-9-7-6-8-10-17/h6-13,23H,5,14-16H2,1-4H3. The Morgan fingerprint density at radius 2 is 1.97 bits per heavy atom. The predicted molar refractivity (Wildman–Crippen MR) is 116 cm³/mol. The maximum Gasteiger partial charge on any atom is 0.328 e. The molecule has 30 heavy (non-hydrogen) atoms. The number of nitrogens with zero attached hydrogens (tertiary/aromatic N) is 1.